The van der Waals surface area contributed by atoms with Crippen LogP contribution in [0.3, 0.4) is 0 Å². The van der Waals surface area contributed by atoms with Crippen molar-refractivity contribution >= 4 is 15.7 Å². The third-order valence-electron chi connectivity index (χ3n) is 7.32. The Bertz CT molecular complexity index is 1140. The molecule has 2 aliphatic rings. The first-order chi connectivity index (χ1) is 16.0. The van der Waals surface area contributed by atoms with E-state index >= 15 is 0 Å². The Labute approximate surface area is 196 Å². The molecule has 2 aromatic carbocycles. The second-order valence-electron chi connectivity index (χ2n) is 9.38. The summed E-state index contributed by atoms with van der Waals surface area (Å²) in [7, 11) is -3.41. The Balaban J connectivity index is 1.26. The lowest BCUT2D eigenvalue weighted by Gasteiger charge is -2.37. The van der Waals surface area contributed by atoms with Crippen molar-refractivity contribution in [3.8, 4) is 0 Å². The Kier molecular flexibility index (Phi) is 6.25. The molecule has 33 heavy (non-hydrogen) atoms. The Morgan fingerprint density at radius 2 is 1.67 bits per heavy atom. The zero-order valence-electron chi connectivity index (χ0n) is 19.1. The molecule has 0 amide bonds. The lowest BCUT2D eigenvalue weighted by atomic mass is 9.91. The molecule has 2 atom stereocenters. The summed E-state index contributed by atoms with van der Waals surface area (Å²) in [4.78, 5) is 2.42. The van der Waals surface area contributed by atoms with Gasteiger partial charge < -0.3 is 4.90 Å². The molecule has 2 fully saturated rings. The largest absolute Gasteiger partial charge is 0.371 e. The molecule has 174 valence electrons. The maximum absolute atomic E-state index is 13.5. The Morgan fingerprint density at radius 3 is 2.33 bits per heavy atom. The van der Waals surface area contributed by atoms with Crippen LogP contribution >= 0.6 is 0 Å². The van der Waals surface area contributed by atoms with E-state index in [9.17, 15) is 8.42 Å². The first kappa shape index (κ1) is 22.2. The van der Waals surface area contributed by atoms with E-state index in [1.165, 1.54) is 11.3 Å². The topological polar surface area (TPSA) is 69.3 Å². The van der Waals surface area contributed by atoms with Gasteiger partial charge in [0.2, 0.25) is 10.0 Å². The van der Waals surface area contributed by atoms with E-state index in [1.807, 2.05) is 49.6 Å². The van der Waals surface area contributed by atoms with Crippen LogP contribution in [0, 0.1) is 0 Å². The highest BCUT2D eigenvalue weighted by Crippen LogP contribution is 2.38. The minimum Gasteiger partial charge on any atom is -0.371 e. The average Bonchev–Trinajstić information content (AvgIpc) is 3.38. The standard InChI is InChI=1S/C26H32N4O2S/c1-20-7-12-26(23-5-3-2-4-6-23)33(31,32)30(20)19-21-8-10-25(11-9-21)29-15-13-22(14-16-29)24-17-27-28-18-24/h2-6,8-11,17-18,20,22,26H,7,12-16,19H2,1H3,(H,27,28)/t20-,26?/m0/s1. The van der Waals surface area contributed by atoms with Crippen molar-refractivity contribution in [1.82, 2.24) is 14.5 Å². The molecule has 0 saturated carbocycles. The van der Waals surface area contributed by atoms with E-state index in [0.717, 1.165) is 43.5 Å². The van der Waals surface area contributed by atoms with Crippen LogP contribution in [-0.2, 0) is 16.6 Å². The summed E-state index contributed by atoms with van der Waals surface area (Å²) in [6, 6.07) is 18.1. The number of nitrogens with zero attached hydrogens (tertiary/aromatic N) is 3. The van der Waals surface area contributed by atoms with Crippen LogP contribution in [0.1, 0.15) is 60.5 Å². The number of piperidine rings is 1. The third kappa shape index (κ3) is 4.57. The molecule has 0 aliphatic carbocycles. The molecular weight excluding hydrogens is 432 g/mol. The molecule has 0 spiro atoms. The molecular formula is C26H32N4O2S. The summed E-state index contributed by atoms with van der Waals surface area (Å²) in [5, 5.41) is 6.55. The maximum Gasteiger partial charge on any atom is 0.221 e. The molecule has 0 radical (unpaired) electrons. The van der Waals surface area contributed by atoms with Crippen molar-refractivity contribution in [2.75, 3.05) is 18.0 Å². The summed E-state index contributed by atoms with van der Waals surface area (Å²) in [5.74, 6) is 0.572. The maximum atomic E-state index is 13.5. The molecule has 1 aromatic heterocycles. The number of anilines is 1. The van der Waals surface area contributed by atoms with E-state index < -0.39 is 15.3 Å². The number of rotatable bonds is 5. The minimum absolute atomic E-state index is 0.0107. The summed E-state index contributed by atoms with van der Waals surface area (Å²) < 4.78 is 28.7. The van der Waals surface area contributed by atoms with Gasteiger partial charge in [-0.3, -0.25) is 5.10 Å². The number of H-pyrrole nitrogens is 1. The quantitative estimate of drug-likeness (QED) is 0.586. The van der Waals surface area contributed by atoms with Gasteiger partial charge in [0, 0.05) is 37.6 Å². The molecule has 0 bridgehead atoms. The highest BCUT2D eigenvalue weighted by Gasteiger charge is 2.40. The van der Waals surface area contributed by atoms with Crippen molar-refractivity contribution in [3.05, 3.63) is 83.7 Å². The molecule has 3 heterocycles. The number of aromatic nitrogens is 2. The predicted molar refractivity (Wildman–Crippen MR) is 132 cm³/mol. The number of sulfonamides is 1. The van der Waals surface area contributed by atoms with Gasteiger partial charge in [0.15, 0.2) is 0 Å². The van der Waals surface area contributed by atoms with Gasteiger partial charge in [-0.1, -0.05) is 42.5 Å². The van der Waals surface area contributed by atoms with E-state index in [0.29, 0.717) is 18.9 Å². The van der Waals surface area contributed by atoms with Crippen LogP contribution < -0.4 is 4.90 Å². The van der Waals surface area contributed by atoms with E-state index in [-0.39, 0.29) is 6.04 Å². The van der Waals surface area contributed by atoms with E-state index in [4.69, 9.17) is 0 Å². The highest BCUT2D eigenvalue weighted by atomic mass is 32.2. The third-order valence-corrected chi connectivity index (χ3v) is 9.69. The number of hydrogen-bond donors (Lipinski definition) is 1. The van der Waals surface area contributed by atoms with Gasteiger partial charge in [0.1, 0.15) is 5.25 Å². The fourth-order valence-corrected chi connectivity index (χ4v) is 7.50. The van der Waals surface area contributed by atoms with Crippen LogP contribution in [0.4, 0.5) is 5.69 Å². The summed E-state index contributed by atoms with van der Waals surface area (Å²) in [6.45, 7) is 4.49. The van der Waals surface area contributed by atoms with E-state index in [1.54, 1.807) is 4.31 Å². The number of aromatic amines is 1. The van der Waals surface area contributed by atoms with Crippen molar-refractivity contribution < 1.29 is 8.42 Å². The van der Waals surface area contributed by atoms with E-state index in [2.05, 4.69) is 39.4 Å². The normalized spacial score (nSPS) is 24.1. The smallest absolute Gasteiger partial charge is 0.221 e. The molecule has 6 nitrogen and oxygen atoms in total. The van der Waals surface area contributed by atoms with Gasteiger partial charge >= 0.3 is 0 Å². The monoisotopic (exact) mass is 464 g/mol. The first-order valence-corrected chi connectivity index (χ1v) is 13.4. The summed E-state index contributed by atoms with van der Waals surface area (Å²) in [6.07, 6.45) is 7.73. The lowest BCUT2D eigenvalue weighted by molar-refractivity contribution is 0.282. The van der Waals surface area contributed by atoms with Gasteiger partial charge in [-0.25, -0.2) is 8.42 Å². The van der Waals surface area contributed by atoms with Crippen LogP contribution in [0.2, 0.25) is 0 Å². The zero-order valence-corrected chi connectivity index (χ0v) is 19.9. The van der Waals surface area contributed by atoms with Crippen molar-refractivity contribution in [2.24, 2.45) is 0 Å². The predicted octanol–water partition coefficient (Wildman–Crippen LogP) is 4.85. The van der Waals surface area contributed by atoms with Gasteiger partial charge in [-0.05, 0) is 67.3 Å². The Hall–Kier alpha value is -2.64. The number of benzene rings is 2. The molecule has 2 saturated heterocycles. The van der Waals surface area contributed by atoms with Crippen LogP contribution in [-0.4, -0.2) is 42.1 Å². The van der Waals surface area contributed by atoms with Crippen LogP contribution in [0.25, 0.3) is 0 Å². The van der Waals surface area contributed by atoms with Gasteiger partial charge in [0.25, 0.3) is 0 Å². The van der Waals surface area contributed by atoms with Crippen molar-refractivity contribution in [1.29, 1.82) is 0 Å². The minimum atomic E-state index is -3.41. The number of hydrogen-bond acceptors (Lipinski definition) is 4. The SMILES string of the molecule is C[C@H]1CCC(c2ccccc2)S(=O)(=O)N1Cc1ccc(N2CCC(c3cn[nH]c3)CC2)cc1. The fraction of sp³-hybridized carbons (Fsp3) is 0.423. The van der Waals surface area contributed by atoms with Gasteiger partial charge in [0.05, 0.1) is 6.20 Å². The lowest BCUT2D eigenvalue weighted by Crippen LogP contribution is -2.44. The summed E-state index contributed by atoms with van der Waals surface area (Å²) >= 11 is 0. The highest BCUT2D eigenvalue weighted by molar-refractivity contribution is 7.89. The Morgan fingerprint density at radius 1 is 0.939 bits per heavy atom. The van der Waals surface area contributed by atoms with Crippen LogP contribution in [0.15, 0.2) is 67.0 Å². The molecule has 3 aromatic rings. The van der Waals surface area contributed by atoms with Gasteiger partial charge in [-0.15, -0.1) is 0 Å². The molecule has 7 heteroatoms. The van der Waals surface area contributed by atoms with Crippen molar-refractivity contribution in [3.63, 3.8) is 0 Å². The molecule has 5 rings (SSSR count). The first-order valence-electron chi connectivity index (χ1n) is 11.9. The molecule has 1 N–H and O–H groups in total. The van der Waals surface area contributed by atoms with Gasteiger partial charge in [-0.2, -0.15) is 9.40 Å². The molecule has 1 unspecified atom stereocenters. The second kappa shape index (κ2) is 9.31. The summed E-state index contributed by atoms with van der Waals surface area (Å²) in [5.41, 5.74) is 4.44. The van der Waals surface area contributed by atoms with Crippen LogP contribution in [0.5, 0.6) is 0 Å². The van der Waals surface area contributed by atoms with Crippen molar-refractivity contribution in [2.45, 2.75) is 56.4 Å². The number of nitrogens with one attached hydrogen (secondary N) is 1. The zero-order chi connectivity index (χ0) is 22.8. The fourth-order valence-electron chi connectivity index (χ4n) is 5.30. The average molecular weight is 465 g/mol. The second-order valence-corrected chi connectivity index (χ2v) is 11.4. The molecule has 2 aliphatic heterocycles.